The van der Waals surface area contributed by atoms with Gasteiger partial charge in [0.15, 0.2) is 9.84 Å². The van der Waals surface area contributed by atoms with Gasteiger partial charge in [0.25, 0.3) is 5.91 Å². The van der Waals surface area contributed by atoms with Crippen LogP contribution in [0.5, 0.6) is 0 Å². The fraction of sp³-hybridized carbons (Fsp3) is 0.350. The highest BCUT2D eigenvalue weighted by molar-refractivity contribution is 7.90. The fourth-order valence-electron chi connectivity index (χ4n) is 2.65. The summed E-state index contributed by atoms with van der Waals surface area (Å²) < 4.78 is 60.0. The topological polar surface area (TPSA) is 119 Å². The standard InChI is InChI=1S/C20H26N2O7S2/c1-28-14-12-22(13-15-29-2)31(26,27)19-8-4-16(5-9-19)20(23)21-17-6-10-18(11-7-17)30(3,24)25/h4-11H,12-15H2,1-3H3,(H,21,23). The van der Waals surface area contributed by atoms with Crippen molar-refractivity contribution in [2.45, 2.75) is 9.79 Å². The Labute approximate surface area is 182 Å². The predicted octanol–water partition coefficient (Wildman–Crippen LogP) is 1.63. The largest absolute Gasteiger partial charge is 0.383 e. The van der Waals surface area contributed by atoms with Gasteiger partial charge in [-0.2, -0.15) is 4.31 Å². The molecule has 0 aliphatic heterocycles. The van der Waals surface area contributed by atoms with Crippen molar-refractivity contribution in [1.29, 1.82) is 0 Å². The summed E-state index contributed by atoms with van der Waals surface area (Å²) in [6.45, 7) is 0.824. The molecule has 0 atom stereocenters. The Balaban J connectivity index is 2.14. The van der Waals surface area contributed by atoms with Gasteiger partial charge in [-0.15, -0.1) is 0 Å². The molecule has 0 saturated heterocycles. The van der Waals surface area contributed by atoms with Gasteiger partial charge < -0.3 is 14.8 Å². The molecule has 0 aromatic heterocycles. The summed E-state index contributed by atoms with van der Waals surface area (Å²) in [5.41, 5.74) is 0.672. The average molecular weight is 471 g/mol. The Morgan fingerprint density at radius 1 is 0.839 bits per heavy atom. The number of carbonyl (C=O) groups excluding carboxylic acids is 1. The molecular weight excluding hydrogens is 444 g/mol. The molecule has 0 heterocycles. The molecule has 1 N–H and O–H groups in total. The molecule has 0 unspecified atom stereocenters. The number of hydrogen-bond donors (Lipinski definition) is 1. The van der Waals surface area contributed by atoms with Crippen molar-refractivity contribution in [1.82, 2.24) is 4.31 Å². The summed E-state index contributed by atoms with van der Waals surface area (Å²) in [6, 6.07) is 11.3. The van der Waals surface area contributed by atoms with Crippen LogP contribution in [-0.4, -0.2) is 73.8 Å². The number of nitrogens with one attached hydrogen (secondary N) is 1. The van der Waals surface area contributed by atoms with Crippen LogP contribution >= 0.6 is 0 Å². The van der Waals surface area contributed by atoms with E-state index >= 15 is 0 Å². The van der Waals surface area contributed by atoms with Crippen LogP contribution in [0.15, 0.2) is 58.3 Å². The summed E-state index contributed by atoms with van der Waals surface area (Å²) in [6.07, 6.45) is 1.10. The maximum Gasteiger partial charge on any atom is 0.255 e. The molecule has 2 aromatic carbocycles. The number of carbonyl (C=O) groups is 1. The van der Waals surface area contributed by atoms with E-state index in [1.807, 2.05) is 0 Å². The van der Waals surface area contributed by atoms with Crippen LogP contribution in [0.4, 0.5) is 5.69 Å². The number of sulfone groups is 1. The molecule has 31 heavy (non-hydrogen) atoms. The Morgan fingerprint density at radius 3 is 1.77 bits per heavy atom. The second-order valence-corrected chi connectivity index (χ2v) is 10.6. The Hall–Kier alpha value is -2.31. The van der Waals surface area contributed by atoms with E-state index in [1.54, 1.807) is 0 Å². The van der Waals surface area contributed by atoms with E-state index in [9.17, 15) is 21.6 Å². The van der Waals surface area contributed by atoms with Gasteiger partial charge in [-0.05, 0) is 48.5 Å². The maximum absolute atomic E-state index is 12.9. The van der Waals surface area contributed by atoms with Crippen molar-refractivity contribution in [3.63, 3.8) is 0 Å². The third kappa shape index (κ3) is 6.84. The van der Waals surface area contributed by atoms with Crippen LogP contribution in [0.25, 0.3) is 0 Å². The molecule has 0 radical (unpaired) electrons. The first-order valence-electron chi connectivity index (χ1n) is 9.29. The summed E-state index contributed by atoms with van der Waals surface area (Å²) in [5, 5.41) is 2.65. The SMILES string of the molecule is COCCN(CCOC)S(=O)(=O)c1ccc(C(=O)Nc2ccc(S(C)(=O)=O)cc2)cc1. The fourth-order valence-corrected chi connectivity index (χ4v) is 4.69. The molecule has 0 aliphatic rings. The van der Waals surface area contributed by atoms with E-state index in [2.05, 4.69) is 5.32 Å². The number of hydrogen-bond acceptors (Lipinski definition) is 7. The van der Waals surface area contributed by atoms with Gasteiger partial charge in [0.05, 0.1) is 23.0 Å². The minimum Gasteiger partial charge on any atom is -0.383 e. The molecule has 2 rings (SSSR count). The average Bonchev–Trinajstić information content (AvgIpc) is 2.73. The first-order chi connectivity index (χ1) is 14.6. The van der Waals surface area contributed by atoms with Crippen LogP contribution < -0.4 is 5.32 Å². The van der Waals surface area contributed by atoms with Gasteiger partial charge in [-0.3, -0.25) is 4.79 Å². The number of nitrogens with zero attached hydrogens (tertiary/aromatic N) is 1. The third-order valence-corrected chi connectivity index (χ3v) is 7.43. The lowest BCUT2D eigenvalue weighted by atomic mass is 10.2. The lowest BCUT2D eigenvalue weighted by molar-refractivity contribution is 0.102. The highest BCUT2D eigenvalue weighted by Crippen LogP contribution is 2.18. The molecule has 0 aliphatic carbocycles. The molecule has 170 valence electrons. The zero-order chi connectivity index (χ0) is 23.1. The van der Waals surface area contributed by atoms with Crippen molar-refractivity contribution in [3.05, 3.63) is 54.1 Å². The van der Waals surface area contributed by atoms with Crippen molar-refractivity contribution in [2.75, 3.05) is 52.1 Å². The summed E-state index contributed by atoms with van der Waals surface area (Å²) >= 11 is 0. The van der Waals surface area contributed by atoms with E-state index in [0.717, 1.165) is 6.26 Å². The normalized spacial score (nSPS) is 12.1. The van der Waals surface area contributed by atoms with E-state index < -0.39 is 25.8 Å². The molecule has 0 fully saturated rings. The number of methoxy groups -OCH3 is 2. The molecule has 2 aromatic rings. The minimum absolute atomic E-state index is 0.0498. The third-order valence-electron chi connectivity index (χ3n) is 4.38. The highest BCUT2D eigenvalue weighted by Gasteiger charge is 2.24. The van der Waals surface area contributed by atoms with Crippen LogP contribution in [-0.2, 0) is 29.3 Å². The molecule has 0 spiro atoms. The first-order valence-corrected chi connectivity index (χ1v) is 12.6. The number of benzene rings is 2. The second kappa shape index (κ2) is 10.8. The maximum atomic E-state index is 12.9. The molecule has 0 bridgehead atoms. The van der Waals surface area contributed by atoms with Gasteiger partial charge in [0.1, 0.15) is 0 Å². The van der Waals surface area contributed by atoms with Gasteiger partial charge in [-0.1, -0.05) is 0 Å². The number of rotatable bonds is 11. The lowest BCUT2D eigenvalue weighted by Gasteiger charge is -2.21. The van der Waals surface area contributed by atoms with E-state index in [4.69, 9.17) is 9.47 Å². The van der Waals surface area contributed by atoms with Gasteiger partial charge in [-0.25, -0.2) is 16.8 Å². The molecule has 11 heteroatoms. The Bertz CT molecular complexity index is 1070. The Kier molecular flexibility index (Phi) is 8.71. The zero-order valence-corrected chi connectivity index (χ0v) is 19.2. The van der Waals surface area contributed by atoms with Gasteiger partial charge in [0, 0.05) is 44.8 Å². The second-order valence-electron chi connectivity index (χ2n) is 6.66. The molecule has 0 saturated carbocycles. The molecule has 9 nitrogen and oxygen atoms in total. The Morgan fingerprint density at radius 2 is 1.32 bits per heavy atom. The molecule has 1 amide bonds. The van der Waals surface area contributed by atoms with Crippen LogP contribution in [0.1, 0.15) is 10.4 Å². The van der Waals surface area contributed by atoms with E-state index in [-0.39, 0.29) is 41.7 Å². The predicted molar refractivity (Wildman–Crippen MR) is 116 cm³/mol. The highest BCUT2D eigenvalue weighted by atomic mass is 32.2. The first kappa shape index (κ1) is 25.0. The molecular formula is C20H26N2O7S2. The zero-order valence-electron chi connectivity index (χ0n) is 17.6. The van der Waals surface area contributed by atoms with Crippen molar-refractivity contribution in [2.24, 2.45) is 0 Å². The summed E-state index contributed by atoms with van der Waals surface area (Å²) in [5.74, 6) is -0.452. The van der Waals surface area contributed by atoms with Crippen molar-refractivity contribution >= 4 is 31.5 Å². The van der Waals surface area contributed by atoms with Crippen LogP contribution in [0.3, 0.4) is 0 Å². The number of ether oxygens (including phenoxy) is 2. The summed E-state index contributed by atoms with van der Waals surface area (Å²) in [7, 11) is -4.13. The number of sulfonamides is 1. The lowest BCUT2D eigenvalue weighted by Crippen LogP contribution is -2.36. The van der Waals surface area contributed by atoms with Crippen molar-refractivity contribution in [3.8, 4) is 0 Å². The van der Waals surface area contributed by atoms with Crippen LogP contribution in [0, 0.1) is 0 Å². The van der Waals surface area contributed by atoms with Gasteiger partial charge >= 0.3 is 0 Å². The van der Waals surface area contributed by atoms with E-state index in [1.165, 1.54) is 67.1 Å². The number of amides is 1. The smallest absolute Gasteiger partial charge is 0.255 e. The monoisotopic (exact) mass is 470 g/mol. The van der Waals surface area contributed by atoms with Crippen LogP contribution in [0.2, 0.25) is 0 Å². The van der Waals surface area contributed by atoms with Crippen molar-refractivity contribution < 1.29 is 31.1 Å². The van der Waals surface area contributed by atoms with E-state index in [0.29, 0.717) is 5.69 Å². The number of anilines is 1. The summed E-state index contributed by atoms with van der Waals surface area (Å²) in [4.78, 5) is 12.6. The minimum atomic E-state index is -3.78. The van der Waals surface area contributed by atoms with Gasteiger partial charge in [0.2, 0.25) is 10.0 Å². The quantitative estimate of drug-likeness (QED) is 0.530.